The maximum Gasteiger partial charge on any atom is 0.167 e. The minimum atomic E-state index is -0.464. The predicted octanol–water partition coefficient (Wildman–Crippen LogP) is 1.39. The summed E-state index contributed by atoms with van der Waals surface area (Å²) < 4.78 is 24.5. The summed E-state index contributed by atoms with van der Waals surface area (Å²) in [5.74, 6) is -0.271. The van der Waals surface area contributed by atoms with Crippen molar-refractivity contribution in [3.8, 4) is 5.75 Å². The van der Waals surface area contributed by atoms with E-state index < -0.39 is 5.82 Å². The molecule has 20 heavy (non-hydrogen) atoms. The Labute approximate surface area is 118 Å². The Balaban J connectivity index is 2.29. The topological polar surface area (TPSA) is 68.0 Å². The van der Waals surface area contributed by atoms with Gasteiger partial charge in [-0.15, -0.1) is 0 Å². The zero-order chi connectivity index (χ0) is 14.5. The van der Waals surface area contributed by atoms with Crippen molar-refractivity contribution >= 4 is 11.4 Å². The Morgan fingerprint density at radius 1 is 1.55 bits per heavy atom. The van der Waals surface area contributed by atoms with Crippen molar-refractivity contribution in [1.29, 1.82) is 0 Å². The molecule has 0 aliphatic carbocycles. The first-order valence-electron chi connectivity index (χ1n) is 6.84. The summed E-state index contributed by atoms with van der Waals surface area (Å²) in [7, 11) is 0. The first-order chi connectivity index (χ1) is 9.67. The SMILES string of the molecule is CCCOc1cc(N2CCOCC2CO)c(N)cc1F. The van der Waals surface area contributed by atoms with E-state index in [0.29, 0.717) is 37.7 Å². The monoisotopic (exact) mass is 284 g/mol. The quantitative estimate of drug-likeness (QED) is 0.800. The molecule has 1 atom stereocenters. The number of anilines is 2. The van der Waals surface area contributed by atoms with E-state index in [0.717, 1.165) is 6.42 Å². The summed E-state index contributed by atoms with van der Waals surface area (Å²) >= 11 is 0. The van der Waals surface area contributed by atoms with Crippen molar-refractivity contribution in [1.82, 2.24) is 0 Å². The van der Waals surface area contributed by atoms with Crippen LogP contribution < -0.4 is 15.4 Å². The Morgan fingerprint density at radius 2 is 2.35 bits per heavy atom. The minimum Gasteiger partial charge on any atom is -0.490 e. The van der Waals surface area contributed by atoms with Crippen LogP contribution in [0.25, 0.3) is 0 Å². The minimum absolute atomic E-state index is 0.0397. The zero-order valence-corrected chi connectivity index (χ0v) is 11.6. The maximum absolute atomic E-state index is 13.8. The van der Waals surface area contributed by atoms with Crippen molar-refractivity contribution in [2.45, 2.75) is 19.4 Å². The van der Waals surface area contributed by atoms with Crippen LogP contribution in [0.3, 0.4) is 0 Å². The Kier molecular flexibility index (Phi) is 5.03. The van der Waals surface area contributed by atoms with E-state index in [1.54, 1.807) is 6.07 Å². The molecule has 1 heterocycles. The van der Waals surface area contributed by atoms with E-state index >= 15 is 0 Å². The zero-order valence-electron chi connectivity index (χ0n) is 11.6. The molecule has 5 nitrogen and oxygen atoms in total. The fourth-order valence-corrected chi connectivity index (χ4v) is 2.25. The molecular formula is C14H21FN2O3. The Hall–Kier alpha value is -1.53. The molecule has 1 aromatic carbocycles. The number of morpholine rings is 1. The van der Waals surface area contributed by atoms with Gasteiger partial charge in [0.05, 0.1) is 43.8 Å². The van der Waals surface area contributed by atoms with Gasteiger partial charge in [-0.3, -0.25) is 0 Å². The van der Waals surface area contributed by atoms with Gasteiger partial charge in [0.25, 0.3) is 0 Å². The first kappa shape index (κ1) is 14.9. The number of aliphatic hydroxyl groups is 1. The molecule has 0 amide bonds. The lowest BCUT2D eigenvalue weighted by molar-refractivity contribution is 0.0727. The van der Waals surface area contributed by atoms with Crippen LogP contribution >= 0.6 is 0 Å². The lowest BCUT2D eigenvalue weighted by atomic mass is 10.1. The van der Waals surface area contributed by atoms with Crippen LogP contribution in [0.1, 0.15) is 13.3 Å². The van der Waals surface area contributed by atoms with Gasteiger partial charge in [0, 0.05) is 18.7 Å². The van der Waals surface area contributed by atoms with E-state index in [9.17, 15) is 9.50 Å². The Morgan fingerprint density at radius 3 is 3.05 bits per heavy atom. The molecule has 0 saturated carbocycles. The standard InChI is InChI=1S/C14H21FN2O3/c1-2-4-20-14-7-13(12(16)6-11(14)15)17-3-5-19-9-10(17)8-18/h6-7,10,18H,2-5,8-9,16H2,1H3. The average Bonchev–Trinajstić information content (AvgIpc) is 2.46. The number of ether oxygens (including phenoxy) is 2. The lowest BCUT2D eigenvalue weighted by Crippen LogP contribution is -2.48. The normalized spacial score (nSPS) is 19.1. The fourth-order valence-electron chi connectivity index (χ4n) is 2.25. The molecule has 1 aliphatic heterocycles. The van der Waals surface area contributed by atoms with E-state index in [4.69, 9.17) is 15.2 Å². The van der Waals surface area contributed by atoms with E-state index in [1.165, 1.54) is 6.07 Å². The van der Waals surface area contributed by atoms with Gasteiger partial charge in [-0.2, -0.15) is 0 Å². The van der Waals surface area contributed by atoms with Crippen molar-refractivity contribution in [2.24, 2.45) is 0 Å². The van der Waals surface area contributed by atoms with E-state index in [-0.39, 0.29) is 18.4 Å². The van der Waals surface area contributed by atoms with Gasteiger partial charge >= 0.3 is 0 Å². The second-order valence-corrected chi connectivity index (χ2v) is 4.79. The van der Waals surface area contributed by atoms with Crippen LogP contribution in [-0.2, 0) is 4.74 Å². The molecule has 0 spiro atoms. The fraction of sp³-hybridized carbons (Fsp3) is 0.571. The van der Waals surface area contributed by atoms with Crippen molar-refractivity contribution in [3.05, 3.63) is 17.9 Å². The number of nitrogen functional groups attached to an aromatic ring is 1. The molecular weight excluding hydrogens is 263 g/mol. The smallest absolute Gasteiger partial charge is 0.167 e. The molecule has 0 aromatic heterocycles. The van der Waals surface area contributed by atoms with Gasteiger partial charge in [0.15, 0.2) is 11.6 Å². The summed E-state index contributed by atoms with van der Waals surface area (Å²) in [5, 5.41) is 9.41. The third kappa shape index (κ3) is 3.13. The lowest BCUT2D eigenvalue weighted by Gasteiger charge is -2.37. The average molecular weight is 284 g/mol. The van der Waals surface area contributed by atoms with Gasteiger partial charge < -0.3 is 25.2 Å². The third-order valence-corrected chi connectivity index (χ3v) is 3.29. The highest BCUT2D eigenvalue weighted by molar-refractivity contribution is 5.70. The molecule has 0 radical (unpaired) electrons. The molecule has 6 heteroatoms. The number of hydrogen-bond acceptors (Lipinski definition) is 5. The van der Waals surface area contributed by atoms with Crippen LogP contribution in [0.5, 0.6) is 5.75 Å². The third-order valence-electron chi connectivity index (χ3n) is 3.29. The summed E-state index contributed by atoms with van der Waals surface area (Å²) in [6, 6.07) is 2.70. The van der Waals surface area contributed by atoms with E-state index in [2.05, 4.69) is 0 Å². The summed E-state index contributed by atoms with van der Waals surface area (Å²) in [6.45, 7) is 3.96. The number of halogens is 1. The molecule has 112 valence electrons. The summed E-state index contributed by atoms with van der Waals surface area (Å²) in [4.78, 5) is 1.94. The Bertz CT molecular complexity index is 456. The largest absolute Gasteiger partial charge is 0.490 e. The second kappa shape index (κ2) is 6.76. The molecule has 1 saturated heterocycles. The molecule has 0 bridgehead atoms. The van der Waals surface area contributed by atoms with Gasteiger partial charge in [-0.05, 0) is 6.42 Å². The van der Waals surface area contributed by atoms with Crippen molar-refractivity contribution in [2.75, 3.05) is 43.6 Å². The first-order valence-corrected chi connectivity index (χ1v) is 6.84. The van der Waals surface area contributed by atoms with Crippen LogP contribution in [0.15, 0.2) is 12.1 Å². The molecule has 1 fully saturated rings. The highest BCUT2D eigenvalue weighted by atomic mass is 19.1. The van der Waals surface area contributed by atoms with Crippen LogP contribution in [0.2, 0.25) is 0 Å². The molecule has 1 aromatic rings. The number of aliphatic hydroxyl groups excluding tert-OH is 1. The van der Waals surface area contributed by atoms with Gasteiger partial charge in [0.2, 0.25) is 0 Å². The number of nitrogens with two attached hydrogens (primary N) is 1. The molecule has 1 aliphatic rings. The van der Waals surface area contributed by atoms with Gasteiger partial charge in [-0.1, -0.05) is 6.92 Å². The van der Waals surface area contributed by atoms with E-state index in [1.807, 2.05) is 11.8 Å². The number of nitrogens with zero attached hydrogens (tertiary/aromatic N) is 1. The van der Waals surface area contributed by atoms with Crippen LogP contribution in [0.4, 0.5) is 15.8 Å². The second-order valence-electron chi connectivity index (χ2n) is 4.79. The van der Waals surface area contributed by atoms with Gasteiger partial charge in [-0.25, -0.2) is 4.39 Å². The number of rotatable bonds is 5. The van der Waals surface area contributed by atoms with Gasteiger partial charge in [0.1, 0.15) is 0 Å². The number of hydrogen-bond donors (Lipinski definition) is 2. The summed E-state index contributed by atoms with van der Waals surface area (Å²) in [5.41, 5.74) is 6.93. The molecule has 2 rings (SSSR count). The van der Waals surface area contributed by atoms with Crippen LogP contribution in [-0.4, -0.2) is 44.1 Å². The number of benzene rings is 1. The molecule has 3 N–H and O–H groups in total. The summed E-state index contributed by atoms with van der Waals surface area (Å²) in [6.07, 6.45) is 0.802. The van der Waals surface area contributed by atoms with Crippen molar-refractivity contribution < 1.29 is 19.0 Å². The highest BCUT2D eigenvalue weighted by Gasteiger charge is 2.25. The molecule has 1 unspecified atom stereocenters. The maximum atomic E-state index is 13.8. The predicted molar refractivity (Wildman–Crippen MR) is 75.6 cm³/mol. The van der Waals surface area contributed by atoms with Crippen molar-refractivity contribution in [3.63, 3.8) is 0 Å². The highest BCUT2D eigenvalue weighted by Crippen LogP contribution is 2.33. The van der Waals surface area contributed by atoms with Crippen LogP contribution in [0, 0.1) is 5.82 Å².